The van der Waals surface area contributed by atoms with Gasteiger partial charge in [-0.15, -0.1) is 0 Å². The standard InChI is InChI=1S/C8H19N/c1-3-5-7-9-8-6-4-2/h9H,3-8H2,1-2H3/i1D3,3D2,5D2,7D2. The van der Waals surface area contributed by atoms with Crippen molar-refractivity contribution in [3.63, 3.8) is 0 Å². The zero-order valence-corrected chi connectivity index (χ0v) is 5.62. The first-order chi connectivity index (χ1) is 7.81. The molecular formula is C8H19N. The molecule has 0 saturated carbocycles. The van der Waals surface area contributed by atoms with Crippen LogP contribution >= 0.6 is 0 Å². The third kappa shape index (κ3) is 7.96. The van der Waals surface area contributed by atoms with Gasteiger partial charge in [-0.05, 0) is 25.8 Å². The van der Waals surface area contributed by atoms with E-state index in [0.29, 0.717) is 6.42 Å². The lowest BCUT2D eigenvalue weighted by Gasteiger charge is -1.99. The third-order valence-corrected chi connectivity index (χ3v) is 0.869. The summed E-state index contributed by atoms with van der Waals surface area (Å²) in [7, 11) is 0. The van der Waals surface area contributed by atoms with E-state index < -0.39 is 26.1 Å². The van der Waals surface area contributed by atoms with Crippen LogP contribution in [0.3, 0.4) is 0 Å². The van der Waals surface area contributed by atoms with Crippen LogP contribution in [-0.2, 0) is 0 Å². The maximum absolute atomic E-state index is 7.53. The van der Waals surface area contributed by atoms with Gasteiger partial charge in [-0.1, -0.05) is 26.6 Å². The van der Waals surface area contributed by atoms with Gasteiger partial charge in [-0.2, -0.15) is 0 Å². The molecule has 0 aromatic carbocycles. The van der Waals surface area contributed by atoms with E-state index in [0.717, 1.165) is 6.42 Å². The summed E-state index contributed by atoms with van der Waals surface area (Å²) in [6.07, 6.45) is -5.12. The molecule has 56 valence electrons. The smallest absolute Gasteiger partial charge is 0.0428 e. The Morgan fingerprint density at radius 3 is 3.22 bits per heavy atom. The van der Waals surface area contributed by atoms with Gasteiger partial charge in [0.05, 0.1) is 0 Å². The lowest BCUT2D eigenvalue weighted by atomic mass is 10.3. The zero-order chi connectivity index (χ0) is 14.8. The van der Waals surface area contributed by atoms with E-state index in [1.165, 1.54) is 0 Å². The normalized spacial score (nSPS) is 31.0. The fourth-order valence-electron chi connectivity index (χ4n) is 0.403. The Kier molecular flexibility index (Phi) is 1.75. The molecular weight excluding hydrogens is 110 g/mol. The first-order valence-corrected chi connectivity index (χ1v) is 3.06. The predicted octanol–water partition coefficient (Wildman–Crippen LogP) is 2.18. The lowest BCUT2D eigenvalue weighted by Crippen LogP contribution is -2.15. The van der Waals surface area contributed by atoms with Crippen LogP contribution in [0.1, 0.15) is 51.7 Å². The number of rotatable bonds is 6. The van der Waals surface area contributed by atoms with Gasteiger partial charge in [0, 0.05) is 12.3 Å². The van der Waals surface area contributed by atoms with Gasteiger partial charge in [0.15, 0.2) is 0 Å². The molecule has 0 aliphatic heterocycles. The molecule has 1 heteroatoms. The molecule has 1 nitrogen and oxygen atoms in total. The second kappa shape index (κ2) is 7.96. The van der Waals surface area contributed by atoms with Crippen LogP contribution < -0.4 is 5.32 Å². The van der Waals surface area contributed by atoms with Crippen LogP contribution in [0, 0.1) is 0 Å². The second-order valence-electron chi connectivity index (χ2n) is 1.66. The Hall–Kier alpha value is -0.0400. The predicted molar refractivity (Wildman–Crippen MR) is 42.7 cm³/mol. The summed E-state index contributed by atoms with van der Waals surface area (Å²) >= 11 is 0. The minimum absolute atomic E-state index is 0.153. The van der Waals surface area contributed by atoms with E-state index in [1.807, 2.05) is 6.92 Å². The minimum Gasteiger partial charge on any atom is -0.317 e. The summed E-state index contributed by atoms with van der Waals surface area (Å²) in [6.45, 7) is -3.98. The SMILES string of the molecule is [2H]C([2H])([2H])C([2H])([2H])C([2H])([2H])C([2H])([2H])NCCCC. The average Bonchev–Trinajstić information content (AvgIpc) is 2.15. The van der Waals surface area contributed by atoms with Crippen molar-refractivity contribution >= 4 is 0 Å². The quantitative estimate of drug-likeness (QED) is 0.555. The van der Waals surface area contributed by atoms with Crippen LogP contribution in [0.25, 0.3) is 0 Å². The number of nitrogens with one attached hydrogen (secondary N) is 1. The molecule has 0 radical (unpaired) electrons. The molecule has 0 rings (SSSR count). The molecule has 0 aromatic rings. The van der Waals surface area contributed by atoms with E-state index >= 15 is 0 Å². The minimum atomic E-state index is -3.29. The summed E-state index contributed by atoms with van der Waals surface area (Å²) < 4.78 is 65.9. The summed E-state index contributed by atoms with van der Waals surface area (Å²) in [6, 6.07) is 0. The van der Waals surface area contributed by atoms with Gasteiger partial charge >= 0.3 is 0 Å². The van der Waals surface area contributed by atoms with Crippen molar-refractivity contribution < 1.29 is 12.3 Å². The highest BCUT2D eigenvalue weighted by atomic mass is 14.8. The molecule has 0 fully saturated rings. The van der Waals surface area contributed by atoms with Crippen molar-refractivity contribution in [2.24, 2.45) is 0 Å². The Labute approximate surface area is 71.5 Å². The second-order valence-corrected chi connectivity index (χ2v) is 1.66. The van der Waals surface area contributed by atoms with Crippen molar-refractivity contribution in [2.75, 3.05) is 13.0 Å². The molecule has 1 N–H and O–H groups in total. The Bertz CT molecular complexity index is 270. The monoisotopic (exact) mass is 138 g/mol. The largest absolute Gasteiger partial charge is 0.317 e. The van der Waals surface area contributed by atoms with E-state index in [4.69, 9.17) is 12.3 Å². The maximum atomic E-state index is 7.53. The fraction of sp³-hybridized carbons (Fsp3) is 1.00. The lowest BCUT2D eigenvalue weighted by molar-refractivity contribution is 0.611. The topological polar surface area (TPSA) is 12.0 Å². The molecule has 0 unspecified atom stereocenters. The van der Waals surface area contributed by atoms with Gasteiger partial charge < -0.3 is 5.32 Å². The summed E-state index contributed by atoms with van der Waals surface area (Å²) in [5.74, 6) is 0. The van der Waals surface area contributed by atoms with E-state index in [2.05, 4.69) is 5.32 Å². The van der Waals surface area contributed by atoms with Crippen LogP contribution in [-0.4, -0.2) is 13.0 Å². The highest BCUT2D eigenvalue weighted by Crippen LogP contribution is 1.85. The van der Waals surface area contributed by atoms with Gasteiger partial charge in [0.1, 0.15) is 0 Å². The molecule has 0 aromatic heterocycles. The van der Waals surface area contributed by atoms with Crippen LogP contribution in [0.15, 0.2) is 0 Å². The Morgan fingerprint density at radius 1 is 1.67 bits per heavy atom. The Balaban J connectivity index is 5.11. The van der Waals surface area contributed by atoms with E-state index in [9.17, 15) is 0 Å². The van der Waals surface area contributed by atoms with Crippen LogP contribution in [0.4, 0.5) is 0 Å². The zero-order valence-electron chi connectivity index (χ0n) is 14.6. The number of unbranched alkanes of at least 4 members (excludes halogenated alkanes) is 1. The van der Waals surface area contributed by atoms with E-state index in [-0.39, 0.29) is 6.54 Å². The molecule has 9 heavy (non-hydrogen) atoms. The average molecular weight is 138 g/mol. The van der Waals surface area contributed by atoms with Crippen molar-refractivity contribution in [3.8, 4) is 0 Å². The van der Waals surface area contributed by atoms with Crippen molar-refractivity contribution in [3.05, 3.63) is 0 Å². The summed E-state index contributed by atoms with van der Waals surface area (Å²) in [4.78, 5) is 0. The maximum Gasteiger partial charge on any atom is 0.0428 e. The van der Waals surface area contributed by atoms with Crippen molar-refractivity contribution in [1.29, 1.82) is 0 Å². The Morgan fingerprint density at radius 2 is 2.56 bits per heavy atom. The van der Waals surface area contributed by atoms with Crippen LogP contribution in [0.5, 0.6) is 0 Å². The van der Waals surface area contributed by atoms with Gasteiger partial charge in [0.2, 0.25) is 0 Å². The van der Waals surface area contributed by atoms with Gasteiger partial charge in [-0.3, -0.25) is 0 Å². The van der Waals surface area contributed by atoms with Crippen molar-refractivity contribution in [1.82, 2.24) is 5.32 Å². The van der Waals surface area contributed by atoms with Crippen molar-refractivity contribution in [2.45, 2.75) is 39.4 Å². The number of hydrogen-bond donors (Lipinski definition) is 1. The molecule has 0 atom stereocenters. The van der Waals surface area contributed by atoms with E-state index in [1.54, 1.807) is 0 Å². The molecule has 0 aliphatic rings. The third-order valence-electron chi connectivity index (χ3n) is 0.869. The fourth-order valence-corrected chi connectivity index (χ4v) is 0.403. The highest BCUT2D eigenvalue weighted by Gasteiger charge is 1.83. The first-order valence-electron chi connectivity index (χ1n) is 7.56. The van der Waals surface area contributed by atoms with Gasteiger partial charge in [0.25, 0.3) is 0 Å². The summed E-state index contributed by atoms with van der Waals surface area (Å²) in [5.41, 5.74) is 0. The highest BCUT2D eigenvalue weighted by molar-refractivity contribution is 4.45. The molecule has 0 aliphatic carbocycles. The molecule has 0 bridgehead atoms. The molecule has 0 saturated heterocycles. The number of hydrogen-bond acceptors (Lipinski definition) is 1. The first kappa shape index (κ1) is 1.97. The van der Waals surface area contributed by atoms with Gasteiger partial charge in [-0.25, -0.2) is 0 Å². The molecule has 0 amide bonds. The molecule has 0 spiro atoms. The van der Waals surface area contributed by atoms with Crippen LogP contribution in [0.2, 0.25) is 0 Å². The molecule has 0 heterocycles. The summed E-state index contributed by atoms with van der Waals surface area (Å²) in [5, 5.41) is 2.25.